The molecule has 2 aliphatic rings. The minimum Gasteiger partial charge on any atom is -0.467 e. The SMILES string of the molecule is COC(=O)[C@@H]1C[C@H](N2Cc3ccccc3C2=O)CN1c1ccccc1. The first-order chi connectivity index (χ1) is 12.2. The van der Waals surface area contributed by atoms with Gasteiger partial charge >= 0.3 is 5.97 Å². The highest BCUT2D eigenvalue weighted by atomic mass is 16.5. The number of para-hydroxylation sites is 1. The van der Waals surface area contributed by atoms with Gasteiger partial charge < -0.3 is 14.5 Å². The van der Waals surface area contributed by atoms with E-state index in [9.17, 15) is 9.59 Å². The van der Waals surface area contributed by atoms with Crippen molar-refractivity contribution in [1.82, 2.24) is 4.90 Å². The van der Waals surface area contributed by atoms with Crippen LogP contribution in [0.15, 0.2) is 54.6 Å². The molecule has 0 unspecified atom stereocenters. The Morgan fingerprint density at radius 3 is 2.48 bits per heavy atom. The Bertz CT molecular complexity index is 806. The van der Waals surface area contributed by atoms with E-state index in [1.807, 2.05) is 64.4 Å². The lowest BCUT2D eigenvalue weighted by Gasteiger charge is -2.26. The number of esters is 1. The van der Waals surface area contributed by atoms with E-state index in [1.165, 1.54) is 7.11 Å². The molecule has 5 heteroatoms. The van der Waals surface area contributed by atoms with Gasteiger partial charge in [0.25, 0.3) is 5.91 Å². The van der Waals surface area contributed by atoms with Crippen LogP contribution in [0.5, 0.6) is 0 Å². The van der Waals surface area contributed by atoms with Crippen LogP contribution in [0.3, 0.4) is 0 Å². The predicted octanol–water partition coefficient (Wildman–Crippen LogP) is 2.46. The maximum absolute atomic E-state index is 12.8. The monoisotopic (exact) mass is 336 g/mol. The number of ether oxygens (including phenoxy) is 1. The molecule has 25 heavy (non-hydrogen) atoms. The van der Waals surface area contributed by atoms with Crippen molar-refractivity contribution in [2.75, 3.05) is 18.6 Å². The summed E-state index contributed by atoms with van der Waals surface area (Å²) in [5.41, 5.74) is 2.81. The lowest BCUT2D eigenvalue weighted by atomic mass is 10.1. The molecule has 0 radical (unpaired) electrons. The number of anilines is 1. The van der Waals surface area contributed by atoms with Crippen molar-refractivity contribution in [3.8, 4) is 0 Å². The van der Waals surface area contributed by atoms with Gasteiger partial charge in [0, 0.05) is 30.8 Å². The Hall–Kier alpha value is -2.82. The lowest BCUT2D eigenvalue weighted by molar-refractivity contribution is -0.142. The summed E-state index contributed by atoms with van der Waals surface area (Å²) in [5.74, 6) is -0.199. The summed E-state index contributed by atoms with van der Waals surface area (Å²) in [4.78, 5) is 29.0. The summed E-state index contributed by atoms with van der Waals surface area (Å²) < 4.78 is 5.00. The van der Waals surface area contributed by atoms with Gasteiger partial charge in [0.05, 0.1) is 13.2 Å². The van der Waals surface area contributed by atoms with Gasteiger partial charge in [0.15, 0.2) is 0 Å². The van der Waals surface area contributed by atoms with Crippen LogP contribution in [0, 0.1) is 0 Å². The van der Waals surface area contributed by atoms with E-state index in [4.69, 9.17) is 4.74 Å². The maximum Gasteiger partial charge on any atom is 0.328 e. The molecule has 2 heterocycles. The summed E-state index contributed by atoms with van der Waals surface area (Å²) in [7, 11) is 1.41. The van der Waals surface area contributed by atoms with Gasteiger partial charge in [-0.05, 0) is 23.8 Å². The standard InChI is InChI=1S/C20H20N2O3/c1-25-20(24)18-11-16(13-21(18)15-8-3-2-4-9-15)22-12-14-7-5-6-10-17(14)19(22)23/h2-10,16,18H,11-13H2,1H3/t16-,18-/m0/s1. The van der Waals surface area contributed by atoms with Crippen LogP contribution in [0.25, 0.3) is 0 Å². The molecule has 5 nitrogen and oxygen atoms in total. The highest BCUT2D eigenvalue weighted by Crippen LogP contribution is 2.33. The fraction of sp³-hybridized carbons (Fsp3) is 0.300. The van der Waals surface area contributed by atoms with Crippen LogP contribution >= 0.6 is 0 Å². The van der Waals surface area contributed by atoms with Gasteiger partial charge in [-0.2, -0.15) is 0 Å². The van der Waals surface area contributed by atoms with Gasteiger partial charge in [0.2, 0.25) is 0 Å². The molecule has 0 bridgehead atoms. The molecular weight excluding hydrogens is 316 g/mol. The van der Waals surface area contributed by atoms with Gasteiger partial charge in [-0.25, -0.2) is 4.79 Å². The van der Waals surface area contributed by atoms with Crippen LogP contribution < -0.4 is 4.90 Å². The predicted molar refractivity (Wildman–Crippen MR) is 94.3 cm³/mol. The molecule has 128 valence electrons. The Balaban J connectivity index is 1.61. The first-order valence-electron chi connectivity index (χ1n) is 8.47. The topological polar surface area (TPSA) is 49.9 Å². The van der Waals surface area contributed by atoms with Crippen molar-refractivity contribution >= 4 is 17.6 Å². The minimum absolute atomic E-state index is 0.00999. The highest BCUT2D eigenvalue weighted by Gasteiger charge is 2.43. The van der Waals surface area contributed by atoms with E-state index in [0.29, 0.717) is 19.5 Å². The number of carbonyl (C=O) groups excluding carboxylic acids is 2. The Kier molecular flexibility index (Phi) is 3.92. The largest absolute Gasteiger partial charge is 0.467 e. The number of rotatable bonds is 3. The molecule has 0 spiro atoms. The normalized spacial score (nSPS) is 22.2. The van der Waals surface area contributed by atoms with Crippen LogP contribution in [0.2, 0.25) is 0 Å². The van der Waals surface area contributed by atoms with E-state index in [2.05, 4.69) is 0 Å². The zero-order valence-electron chi connectivity index (χ0n) is 14.1. The average Bonchev–Trinajstić information content (AvgIpc) is 3.24. The zero-order chi connectivity index (χ0) is 17.4. The van der Waals surface area contributed by atoms with Gasteiger partial charge in [-0.3, -0.25) is 4.79 Å². The lowest BCUT2D eigenvalue weighted by Crippen LogP contribution is -2.38. The van der Waals surface area contributed by atoms with Crippen molar-refractivity contribution < 1.29 is 14.3 Å². The van der Waals surface area contributed by atoms with E-state index >= 15 is 0 Å². The van der Waals surface area contributed by atoms with E-state index in [0.717, 1.165) is 16.8 Å². The maximum atomic E-state index is 12.8. The number of benzene rings is 2. The third kappa shape index (κ3) is 2.65. The summed E-state index contributed by atoms with van der Waals surface area (Å²) in [6, 6.07) is 17.2. The number of methoxy groups -OCH3 is 1. The number of amides is 1. The van der Waals surface area contributed by atoms with Crippen LogP contribution in [0.1, 0.15) is 22.3 Å². The van der Waals surface area contributed by atoms with Crippen molar-refractivity contribution in [3.63, 3.8) is 0 Å². The molecule has 0 aromatic heterocycles. The fourth-order valence-corrected chi connectivity index (χ4v) is 3.88. The van der Waals surface area contributed by atoms with E-state index in [1.54, 1.807) is 0 Å². The highest BCUT2D eigenvalue weighted by molar-refractivity contribution is 5.98. The van der Waals surface area contributed by atoms with E-state index < -0.39 is 0 Å². The molecule has 2 atom stereocenters. The molecular formula is C20H20N2O3. The van der Waals surface area contributed by atoms with Crippen molar-refractivity contribution in [1.29, 1.82) is 0 Å². The van der Waals surface area contributed by atoms with Crippen molar-refractivity contribution in [2.45, 2.75) is 25.0 Å². The number of fused-ring (bicyclic) bond motifs is 1. The molecule has 2 aliphatic heterocycles. The quantitative estimate of drug-likeness (QED) is 0.808. The van der Waals surface area contributed by atoms with Gasteiger partial charge in [-0.1, -0.05) is 36.4 Å². The third-order valence-electron chi connectivity index (χ3n) is 5.13. The summed E-state index contributed by atoms with van der Waals surface area (Å²) in [5, 5.41) is 0. The zero-order valence-corrected chi connectivity index (χ0v) is 14.1. The Labute approximate surface area is 146 Å². The number of nitrogens with zero attached hydrogens (tertiary/aromatic N) is 2. The van der Waals surface area contributed by atoms with Crippen LogP contribution in [0.4, 0.5) is 5.69 Å². The first-order valence-corrected chi connectivity index (χ1v) is 8.47. The molecule has 0 saturated carbocycles. The van der Waals surface area contributed by atoms with Crippen LogP contribution in [-0.2, 0) is 16.1 Å². The first kappa shape index (κ1) is 15.7. The second kappa shape index (κ2) is 6.24. The summed E-state index contributed by atoms with van der Waals surface area (Å²) >= 11 is 0. The molecule has 4 rings (SSSR count). The second-order valence-electron chi connectivity index (χ2n) is 6.51. The molecule has 2 aromatic carbocycles. The Morgan fingerprint density at radius 1 is 1.04 bits per heavy atom. The number of hydrogen-bond acceptors (Lipinski definition) is 4. The van der Waals surface area contributed by atoms with Gasteiger partial charge in [0.1, 0.15) is 6.04 Å². The second-order valence-corrected chi connectivity index (χ2v) is 6.51. The smallest absolute Gasteiger partial charge is 0.328 e. The van der Waals surface area contributed by atoms with Crippen molar-refractivity contribution in [3.05, 3.63) is 65.7 Å². The molecule has 0 aliphatic carbocycles. The molecule has 2 aromatic rings. The van der Waals surface area contributed by atoms with E-state index in [-0.39, 0.29) is 24.0 Å². The average molecular weight is 336 g/mol. The number of carbonyl (C=O) groups is 2. The number of hydrogen-bond donors (Lipinski definition) is 0. The summed E-state index contributed by atoms with van der Waals surface area (Å²) in [6.07, 6.45) is 0.585. The van der Waals surface area contributed by atoms with Crippen molar-refractivity contribution in [2.24, 2.45) is 0 Å². The Morgan fingerprint density at radius 2 is 1.76 bits per heavy atom. The minimum atomic E-state index is -0.367. The molecule has 0 N–H and O–H groups in total. The molecule has 1 fully saturated rings. The fourth-order valence-electron chi connectivity index (χ4n) is 3.88. The third-order valence-corrected chi connectivity index (χ3v) is 5.13. The molecule has 1 amide bonds. The summed E-state index contributed by atoms with van der Waals surface area (Å²) in [6.45, 7) is 1.24. The van der Waals surface area contributed by atoms with Crippen LogP contribution in [-0.4, -0.2) is 42.5 Å². The molecule has 1 saturated heterocycles. The van der Waals surface area contributed by atoms with Gasteiger partial charge in [-0.15, -0.1) is 0 Å².